The predicted molar refractivity (Wildman–Crippen MR) is 98.3 cm³/mol. The quantitative estimate of drug-likeness (QED) is 0.739. The number of carbonyl (C=O) groups excluding carboxylic acids is 1. The van der Waals surface area contributed by atoms with E-state index in [1.165, 1.54) is 0 Å². The van der Waals surface area contributed by atoms with E-state index in [-0.39, 0.29) is 12.2 Å². The number of ether oxygens (including phenoxy) is 1. The van der Waals surface area contributed by atoms with Gasteiger partial charge < -0.3 is 10.1 Å². The predicted octanol–water partition coefficient (Wildman–Crippen LogP) is 2.10. The highest BCUT2D eigenvalue weighted by atomic mass is 32.2. The van der Waals surface area contributed by atoms with Gasteiger partial charge in [-0.15, -0.1) is 0 Å². The summed E-state index contributed by atoms with van der Waals surface area (Å²) in [5.74, 6) is -1.82. The lowest BCUT2D eigenvalue weighted by Crippen LogP contribution is -2.41. The van der Waals surface area contributed by atoms with Gasteiger partial charge in [-0.1, -0.05) is 12.1 Å². The second kappa shape index (κ2) is 8.81. The molecule has 1 N–H and O–H groups in total. The molecule has 0 unspecified atom stereocenters. The Bertz CT molecular complexity index is 919. The molecule has 0 saturated carbocycles. The molecule has 0 aliphatic carbocycles. The van der Waals surface area contributed by atoms with Gasteiger partial charge in [0.05, 0.1) is 19.1 Å². The fraction of sp³-hybridized carbons (Fsp3) is 0.278. The maximum Gasteiger partial charge on any atom is 0.240 e. The molecule has 0 aliphatic rings. The Hall–Kier alpha value is -2.68. The van der Waals surface area contributed by atoms with E-state index in [2.05, 4.69) is 5.32 Å². The van der Waals surface area contributed by atoms with Crippen molar-refractivity contribution in [1.82, 2.24) is 5.32 Å². The zero-order valence-corrected chi connectivity index (χ0v) is 15.7. The molecule has 1 amide bonds. The number of nitrogens with one attached hydrogen (secondary N) is 1. The summed E-state index contributed by atoms with van der Waals surface area (Å²) in [7, 11) is -2.39. The lowest BCUT2D eigenvalue weighted by Gasteiger charge is -2.22. The number of hydrogen-bond donors (Lipinski definition) is 1. The zero-order valence-electron chi connectivity index (χ0n) is 14.9. The van der Waals surface area contributed by atoms with Gasteiger partial charge in [-0.2, -0.15) is 0 Å². The second-order valence-electron chi connectivity index (χ2n) is 5.82. The van der Waals surface area contributed by atoms with E-state index in [9.17, 15) is 22.0 Å². The van der Waals surface area contributed by atoms with Gasteiger partial charge in [-0.25, -0.2) is 17.2 Å². The van der Waals surface area contributed by atoms with Crippen molar-refractivity contribution >= 4 is 21.6 Å². The first-order valence-corrected chi connectivity index (χ1v) is 9.88. The van der Waals surface area contributed by atoms with Crippen molar-refractivity contribution in [2.24, 2.45) is 0 Å². The zero-order chi connectivity index (χ0) is 20.0. The number of hydrogen-bond acceptors (Lipinski definition) is 4. The van der Waals surface area contributed by atoms with Crippen LogP contribution in [0.2, 0.25) is 0 Å². The molecule has 27 heavy (non-hydrogen) atoms. The van der Waals surface area contributed by atoms with Crippen LogP contribution in [0.25, 0.3) is 0 Å². The van der Waals surface area contributed by atoms with E-state index >= 15 is 0 Å². The van der Waals surface area contributed by atoms with Crippen molar-refractivity contribution in [2.75, 3.05) is 30.8 Å². The number of halogens is 2. The highest BCUT2D eigenvalue weighted by Crippen LogP contribution is 2.22. The fourth-order valence-electron chi connectivity index (χ4n) is 2.43. The second-order valence-corrected chi connectivity index (χ2v) is 7.72. The van der Waals surface area contributed by atoms with Crippen molar-refractivity contribution in [3.8, 4) is 5.75 Å². The standard InChI is InChI=1S/C18H20F2N2O4S/c1-26-15-5-3-4-13(10-15)8-9-21-18(23)12-22(27(2,24)25)17-7-6-14(19)11-16(17)20/h3-7,10-11H,8-9,12H2,1-2H3,(H,21,23). The van der Waals surface area contributed by atoms with Crippen LogP contribution in [0, 0.1) is 11.6 Å². The molecule has 0 heterocycles. The van der Waals surface area contributed by atoms with E-state index in [0.717, 1.165) is 24.0 Å². The number of methoxy groups -OCH3 is 1. The Morgan fingerprint density at radius 1 is 1.19 bits per heavy atom. The number of sulfonamides is 1. The molecule has 0 saturated heterocycles. The molecule has 0 aliphatic heterocycles. The van der Waals surface area contributed by atoms with Gasteiger partial charge >= 0.3 is 0 Å². The highest BCUT2D eigenvalue weighted by molar-refractivity contribution is 7.92. The van der Waals surface area contributed by atoms with Crippen LogP contribution in [0.1, 0.15) is 5.56 Å². The van der Waals surface area contributed by atoms with Crippen LogP contribution in [0.3, 0.4) is 0 Å². The molecule has 6 nitrogen and oxygen atoms in total. The fourth-order valence-corrected chi connectivity index (χ4v) is 3.28. The maximum atomic E-state index is 13.9. The van der Waals surface area contributed by atoms with Crippen molar-refractivity contribution in [2.45, 2.75) is 6.42 Å². The Kier molecular flexibility index (Phi) is 6.73. The minimum Gasteiger partial charge on any atom is -0.497 e. The molecule has 2 aromatic rings. The number of rotatable bonds is 8. The summed E-state index contributed by atoms with van der Waals surface area (Å²) >= 11 is 0. The molecule has 2 rings (SSSR count). The van der Waals surface area contributed by atoms with Gasteiger partial charge in [0, 0.05) is 12.6 Å². The number of amides is 1. The molecule has 2 aromatic carbocycles. The summed E-state index contributed by atoms with van der Waals surface area (Å²) in [5.41, 5.74) is 0.543. The van der Waals surface area contributed by atoms with E-state index in [1.807, 2.05) is 18.2 Å². The summed E-state index contributed by atoms with van der Waals surface area (Å²) in [6.45, 7) is -0.352. The molecular formula is C18H20F2N2O4S. The van der Waals surface area contributed by atoms with Crippen molar-refractivity contribution in [3.05, 3.63) is 59.7 Å². The van der Waals surface area contributed by atoms with Crippen LogP contribution in [0.5, 0.6) is 5.75 Å². The van der Waals surface area contributed by atoms with Gasteiger partial charge in [0.25, 0.3) is 0 Å². The van der Waals surface area contributed by atoms with Crippen LogP contribution in [0.4, 0.5) is 14.5 Å². The van der Waals surface area contributed by atoms with E-state index in [0.29, 0.717) is 22.5 Å². The first-order valence-electron chi connectivity index (χ1n) is 8.03. The number of nitrogens with zero attached hydrogens (tertiary/aromatic N) is 1. The number of anilines is 1. The Morgan fingerprint density at radius 2 is 1.93 bits per heavy atom. The van der Waals surface area contributed by atoms with Gasteiger partial charge in [0.15, 0.2) is 0 Å². The van der Waals surface area contributed by atoms with Crippen molar-refractivity contribution in [1.29, 1.82) is 0 Å². The lowest BCUT2D eigenvalue weighted by molar-refractivity contribution is -0.119. The average Bonchev–Trinajstić information content (AvgIpc) is 2.59. The number of carbonyl (C=O) groups is 1. The molecular weight excluding hydrogens is 378 g/mol. The smallest absolute Gasteiger partial charge is 0.240 e. The van der Waals surface area contributed by atoms with Gasteiger partial charge in [-0.05, 0) is 36.2 Å². The molecule has 0 bridgehead atoms. The summed E-state index contributed by atoms with van der Waals surface area (Å²) in [4.78, 5) is 12.1. The Balaban J connectivity index is 2.02. The highest BCUT2D eigenvalue weighted by Gasteiger charge is 2.23. The maximum absolute atomic E-state index is 13.9. The molecule has 0 fully saturated rings. The molecule has 0 spiro atoms. The van der Waals surface area contributed by atoms with Crippen LogP contribution in [-0.4, -0.2) is 40.8 Å². The summed E-state index contributed by atoms with van der Waals surface area (Å²) in [6.07, 6.45) is 1.35. The normalized spacial score (nSPS) is 11.1. The Labute approximate surface area is 156 Å². The molecule has 0 radical (unpaired) electrons. The third-order valence-electron chi connectivity index (χ3n) is 3.74. The number of benzene rings is 2. The molecule has 0 atom stereocenters. The average molecular weight is 398 g/mol. The summed E-state index contributed by atoms with van der Waals surface area (Å²) in [5, 5.41) is 2.59. The van der Waals surface area contributed by atoms with E-state index in [1.54, 1.807) is 13.2 Å². The topological polar surface area (TPSA) is 75.7 Å². The lowest BCUT2D eigenvalue weighted by atomic mass is 10.1. The first kappa shape index (κ1) is 20.6. The summed E-state index contributed by atoms with van der Waals surface area (Å²) in [6, 6.07) is 9.77. The Morgan fingerprint density at radius 3 is 2.56 bits per heavy atom. The SMILES string of the molecule is COc1cccc(CCNC(=O)CN(c2ccc(F)cc2F)S(C)(=O)=O)c1. The van der Waals surface area contributed by atoms with Gasteiger partial charge in [0.1, 0.15) is 23.9 Å². The van der Waals surface area contributed by atoms with E-state index < -0.39 is 34.1 Å². The van der Waals surface area contributed by atoms with Crippen LogP contribution < -0.4 is 14.4 Å². The van der Waals surface area contributed by atoms with Crippen LogP contribution >= 0.6 is 0 Å². The third kappa shape index (κ3) is 5.92. The van der Waals surface area contributed by atoms with E-state index in [4.69, 9.17) is 4.74 Å². The van der Waals surface area contributed by atoms with Gasteiger partial charge in [0.2, 0.25) is 15.9 Å². The first-order chi connectivity index (χ1) is 12.7. The van der Waals surface area contributed by atoms with Crippen molar-refractivity contribution < 1.29 is 26.7 Å². The van der Waals surface area contributed by atoms with Gasteiger partial charge in [-0.3, -0.25) is 9.10 Å². The minimum absolute atomic E-state index is 0.259. The van der Waals surface area contributed by atoms with Crippen molar-refractivity contribution in [3.63, 3.8) is 0 Å². The monoisotopic (exact) mass is 398 g/mol. The third-order valence-corrected chi connectivity index (χ3v) is 4.86. The molecule has 9 heteroatoms. The molecule has 0 aromatic heterocycles. The minimum atomic E-state index is -3.94. The molecule has 146 valence electrons. The largest absolute Gasteiger partial charge is 0.497 e. The van der Waals surface area contributed by atoms with Crippen LogP contribution in [-0.2, 0) is 21.2 Å². The van der Waals surface area contributed by atoms with Crippen LogP contribution in [0.15, 0.2) is 42.5 Å². The summed E-state index contributed by atoms with van der Waals surface area (Å²) < 4.78 is 56.6.